The molecular weight excluding hydrogens is 551 g/mol. The first-order valence-corrected chi connectivity index (χ1v) is 15.0. The van der Waals surface area contributed by atoms with Crippen LogP contribution in [0.25, 0.3) is 0 Å². The van der Waals surface area contributed by atoms with Crippen molar-refractivity contribution >= 4 is 50.7 Å². The summed E-state index contributed by atoms with van der Waals surface area (Å²) >= 11 is 18.2. The van der Waals surface area contributed by atoms with Crippen LogP contribution in [-0.4, -0.2) is 124 Å². The van der Waals surface area contributed by atoms with E-state index in [0.29, 0.717) is 37.9 Å². The van der Waals surface area contributed by atoms with E-state index in [1.807, 2.05) is 0 Å². The standard InChI is InChI=1S/C23H33Cl3N4O5S/c24-19-13-21(26)22(14-20(19)25)35-17-23(31)30-6-5-29(16-18(30)15-28-3-1-2-4-28)36(32,33)12-9-27-7-10-34-11-8-27/h13-14,18H,1-12,15-17H2/t18-/m0/s1. The molecule has 9 nitrogen and oxygen atoms in total. The number of sulfonamides is 1. The fraction of sp³-hybridized carbons (Fsp3) is 0.696. The Hall–Kier alpha value is -0.850. The molecule has 4 rings (SSSR count). The third-order valence-electron chi connectivity index (χ3n) is 6.92. The van der Waals surface area contributed by atoms with Gasteiger partial charge in [-0.1, -0.05) is 34.8 Å². The summed E-state index contributed by atoms with van der Waals surface area (Å²) in [6.07, 6.45) is 2.22. The van der Waals surface area contributed by atoms with Crippen molar-refractivity contribution in [3.05, 3.63) is 27.2 Å². The number of hydrogen-bond donors (Lipinski definition) is 0. The van der Waals surface area contributed by atoms with Crippen LogP contribution in [0.2, 0.25) is 15.1 Å². The molecule has 0 aliphatic carbocycles. The first-order valence-electron chi connectivity index (χ1n) is 12.3. The van der Waals surface area contributed by atoms with Gasteiger partial charge in [-0.25, -0.2) is 8.42 Å². The Morgan fingerprint density at radius 2 is 1.64 bits per heavy atom. The predicted octanol–water partition coefficient (Wildman–Crippen LogP) is 2.30. The normalized spacial score (nSPS) is 22.8. The highest BCUT2D eigenvalue weighted by molar-refractivity contribution is 7.89. The topological polar surface area (TPSA) is 82.6 Å². The molecule has 3 heterocycles. The molecule has 0 unspecified atom stereocenters. The van der Waals surface area contributed by atoms with Gasteiger partial charge in [0.1, 0.15) is 5.75 Å². The van der Waals surface area contributed by atoms with E-state index in [0.717, 1.165) is 39.0 Å². The van der Waals surface area contributed by atoms with Crippen molar-refractivity contribution in [1.82, 2.24) is 19.0 Å². The largest absolute Gasteiger partial charge is 0.482 e. The number of piperazine rings is 1. The number of benzene rings is 1. The summed E-state index contributed by atoms with van der Waals surface area (Å²) in [4.78, 5) is 19.4. The number of carbonyl (C=O) groups is 1. The summed E-state index contributed by atoms with van der Waals surface area (Å²) in [6.45, 7) is 6.43. The molecule has 13 heteroatoms. The second kappa shape index (κ2) is 12.8. The molecule has 3 aliphatic heterocycles. The number of morpholine rings is 1. The minimum absolute atomic E-state index is 0.0658. The number of hydrogen-bond acceptors (Lipinski definition) is 7. The lowest BCUT2D eigenvalue weighted by molar-refractivity contribution is -0.138. The average molecular weight is 584 g/mol. The highest BCUT2D eigenvalue weighted by Crippen LogP contribution is 2.34. The van der Waals surface area contributed by atoms with Crippen LogP contribution >= 0.6 is 34.8 Å². The maximum atomic E-state index is 13.2. The molecule has 1 amide bonds. The molecule has 0 bridgehead atoms. The number of halogens is 3. The van der Waals surface area contributed by atoms with Gasteiger partial charge in [-0.3, -0.25) is 9.69 Å². The molecule has 202 valence electrons. The van der Waals surface area contributed by atoms with Gasteiger partial charge in [-0.2, -0.15) is 4.31 Å². The van der Waals surface area contributed by atoms with Crippen LogP contribution in [0.1, 0.15) is 12.8 Å². The zero-order valence-electron chi connectivity index (χ0n) is 20.2. The first-order chi connectivity index (χ1) is 17.2. The second-order valence-corrected chi connectivity index (χ2v) is 12.7. The average Bonchev–Trinajstić information content (AvgIpc) is 3.38. The third-order valence-corrected chi connectivity index (χ3v) is 9.76. The number of ether oxygens (including phenoxy) is 2. The number of rotatable bonds is 9. The lowest BCUT2D eigenvalue weighted by Gasteiger charge is -2.42. The highest BCUT2D eigenvalue weighted by atomic mass is 35.5. The van der Waals surface area contributed by atoms with Gasteiger partial charge in [-0.15, -0.1) is 0 Å². The smallest absolute Gasteiger partial charge is 0.260 e. The van der Waals surface area contributed by atoms with E-state index in [2.05, 4.69) is 9.80 Å². The molecule has 3 saturated heterocycles. The summed E-state index contributed by atoms with van der Waals surface area (Å²) in [5, 5.41) is 0.852. The van der Waals surface area contributed by atoms with E-state index in [4.69, 9.17) is 44.3 Å². The van der Waals surface area contributed by atoms with E-state index in [-0.39, 0.29) is 53.2 Å². The number of carbonyl (C=O) groups excluding carboxylic acids is 1. The van der Waals surface area contributed by atoms with Gasteiger partial charge in [0.05, 0.1) is 40.1 Å². The monoisotopic (exact) mass is 582 g/mol. The van der Waals surface area contributed by atoms with Crippen LogP contribution in [0.3, 0.4) is 0 Å². The van der Waals surface area contributed by atoms with Crippen LogP contribution in [0.5, 0.6) is 5.75 Å². The van der Waals surface area contributed by atoms with Crippen LogP contribution in [0, 0.1) is 0 Å². The van der Waals surface area contributed by atoms with E-state index in [9.17, 15) is 13.2 Å². The zero-order valence-corrected chi connectivity index (χ0v) is 23.3. The first kappa shape index (κ1) is 28.2. The van der Waals surface area contributed by atoms with Gasteiger partial charge in [-0.05, 0) is 32.0 Å². The molecule has 0 saturated carbocycles. The summed E-state index contributed by atoms with van der Waals surface area (Å²) < 4.78 is 38.9. The minimum Gasteiger partial charge on any atom is -0.482 e. The second-order valence-electron chi connectivity index (χ2n) is 9.36. The highest BCUT2D eigenvalue weighted by Gasteiger charge is 2.37. The summed E-state index contributed by atoms with van der Waals surface area (Å²) in [5.41, 5.74) is 0. The van der Waals surface area contributed by atoms with E-state index in [1.165, 1.54) is 12.1 Å². The van der Waals surface area contributed by atoms with Crippen molar-refractivity contribution < 1.29 is 22.7 Å². The summed E-state index contributed by atoms with van der Waals surface area (Å²) in [6, 6.07) is 2.71. The van der Waals surface area contributed by atoms with Crippen molar-refractivity contribution in [2.75, 3.05) is 84.5 Å². The predicted molar refractivity (Wildman–Crippen MR) is 141 cm³/mol. The fourth-order valence-corrected chi connectivity index (χ4v) is 6.96. The fourth-order valence-electron chi connectivity index (χ4n) is 4.86. The van der Waals surface area contributed by atoms with Crippen molar-refractivity contribution in [1.29, 1.82) is 0 Å². The Morgan fingerprint density at radius 3 is 2.36 bits per heavy atom. The minimum atomic E-state index is -3.45. The van der Waals surface area contributed by atoms with Crippen LogP contribution in [0.4, 0.5) is 0 Å². The van der Waals surface area contributed by atoms with Crippen LogP contribution < -0.4 is 4.74 Å². The molecule has 0 N–H and O–H groups in total. The Kier molecular flexibility index (Phi) is 10.0. The van der Waals surface area contributed by atoms with Crippen molar-refractivity contribution in [3.63, 3.8) is 0 Å². The molecule has 0 aromatic heterocycles. The van der Waals surface area contributed by atoms with Crippen LogP contribution in [0.15, 0.2) is 12.1 Å². The van der Waals surface area contributed by atoms with Gasteiger partial charge < -0.3 is 19.3 Å². The summed E-state index contributed by atoms with van der Waals surface area (Å²) in [7, 11) is -3.45. The van der Waals surface area contributed by atoms with Gasteiger partial charge in [0, 0.05) is 51.9 Å². The zero-order chi connectivity index (χ0) is 25.7. The molecule has 3 aliphatic rings. The Bertz CT molecular complexity index is 1020. The maximum absolute atomic E-state index is 13.2. The molecule has 0 spiro atoms. The van der Waals surface area contributed by atoms with Gasteiger partial charge in [0.25, 0.3) is 5.91 Å². The molecule has 1 atom stereocenters. The lowest BCUT2D eigenvalue weighted by Crippen LogP contribution is -2.60. The van der Waals surface area contributed by atoms with Gasteiger partial charge in [0.15, 0.2) is 6.61 Å². The number of likely N-dealkylation sites (tertiary alicyclic amines) is 1. The third kappa shape index (κ3) is 7.38. The van der Waals surface area contributed by atoms with Gasteiger partial charge >= 0.3 is 0 Å². The Balaban J connectivity index is 1.39. The molecule has 1 aromatic carbocycles. The Labute approximate surface area is 228 Å². The molecule has 0 radical (unpaired) electrons. The SMILES string of the molecule is O=C(COc1cc(Cl)c(Cl)cc1Cl)N1CCN(S(=O)(=O)CCN2CCOCC2)C[C@@H]1CN1CCCC1. The van der Waals surface area contributed by atoms with E-state index >= 15 is 0 Å². The lowest BCUT2D eigenvalue weighted by atomic mass is 10.1. The van der Waals surface area contributed by atoms with Crippen LogP contribution in [-0.2, 0) is 19.6 Å². The van der Waals surface area contributed by atoms with Crippen molar-refractivity contribution in [3.8, 4) is 5.75 Å². The van der Waals surface area contributed by atoms with E-state index in [1.54, 1.807) is 9.21 Å². The quantitative estimate of drug-likeness (QED) is 0.413. The molecule has 3 fully saturated rings. The van der Waals surface area contributed by atoms with E-state index < -0.39 is 10.0 Å². The number of nitrogens with zero attached hydrogens (tertiary/aromatic N) is 4. The molecule has 1 aromatic rings. The molecular formula is C23H33Cl3N4O5S. The Morgan fingerprint density at radius 1 is 0.944 bits per heavy atom. The maximum Gasteiger partial charge on any atom is 0.260 e. The van der Waals surface area contributed by atoms with Crippen molar-refractivity contribution in [2.24, 2.45) is 0 Å². The molecule has 36 heavy (non-hydrogen) atoms. The summed E-state index contributed by atoms with van der Waals surface area (Å²) in [5.74, 6) is 0.127. The van der Waals surface area contributed by atoms with Gasteiger partial charge in [0.2, 0.25) is 10.0 Å². The number of amides is 1. The van der Waals surface area contributed by atoms with Crippen molar-refractivity contribution in [2.45, 2.75) is 18.9 Å².